The van der Waals surface area contributed by atoms with Gasteiger partial charge in [-0.05, 0) is 30.7 Å². The summed E-state index contributed by atoms with van der Waals surface area (Å²) in [6, 6.07) is 7.65. The molecule has 0 bridgehead atoms. The third-order valence-corrected chi connectivity index (χ3v) is 2.80. The predicted octanol–water partition coefficient (Wildman–Crippen LogP) is 2.56. The van der Waals surface area contributed by atoms with Crippen molar-refractivity contribution in [2.24, 2.45) is 0 Å². The first-order chi connectivity index (χ1) is 10.0. The molecule has 0 unspecified atom stereocenters. The van der Waals surface area contributed by atoms with Crippen LogP contribution < -0.4 is 10.1 Å². The minimum absolute atomic E-state index is 0.0762. The molecular formula is C14H13N3O4. The number of para-hydroxylation sites is 1. The quantitative estimate of drug-likeness (QED) is 0.688. The maximum absolute atomic E-state index is 12.2. The molecule has 1 heterocycles. The van der Waals surface area contributed by atoms with E-state index in [0.717, 1.165) is 5.56 Å². The van der Waals surface area contributed by atoms with Crippen molar-refractivity contribution in [3.05, 3.63) is 57.8 Å². The molecule has 0 radical (unpaired) electrons. The van der Waals surface area contributed by atoms with E-state index >= 15 is 0 Å². The average molecular weight is 287 g/mol. The lowest BCUT2D eigenvalue weighted by Crippen LogP contribution is -2.14. The van der Waals surface area contributed by atoms with Crippen LogP contribution in [0.2, 0.25) is 0 Å². The normalized spacial score (nSPS) is 10.0. The Morgan fingerprint density at radius 2 is 2.14 bits per heavy atom. The second-order valence-corrected chi connectivity index (χ2v) is 4.29. The number of nitro groups is 1. The number of hydrogen-bond acceptors (Lipinski definition) is 5. The van der Waals surface area contributed by atoms with Gasteiger partial charge in [0, 0.05) is 12.3 Å². The molecule has 0 atom stereocenters. The van der Waals surface area contributed by atoms with Gasteiger partial charge in [-0.25, -0.2) is 4.98 Å². The number of carbonyl (C=O) groups excluding carboxylic acids is 1. The SMILES string of the molecule is COc1c(C(=O)Nc2cc(C)ccn2)cccc1[N+](=O)[O-]. The van der Waals surface area contributed by atoms with E-state index in [0.29, 0.717) is 5.82 Å². The maximum atomic E-state index is 12.2. The van der Waals surface area contributed by atoms with Crippen molar-refractivity contribution in [3.8, 4) is 5.75 Å². The number of nitrogens with one attached hydrogen (secondary N) is 1. The van der Waals surface area contributed by atoms with Gasteiger partial charge >= 0.3 is 5.69 Å². The Morgan fingerprint density at radius 1 is 1.38 bits per heavy atom. The minimum Gasteiger partial charge on any atom is -0.490 e. The molecule has 2 aromatic rings. The summed E-state index contributed by atoms with van der Waals surface area (Å²) in [5.41, 5.74) is 0.753. The van der Waals surface area contributed by atoms with Gasteiger partial charge in [0.2, 0.25) is 5.75 Å². The molecule has 0 saturated carbocycles. The number of anilines is 1. The van der Waals surface area contributed by atoms with E-state index in [-0.39, 0.29) is 17.0 Å². The van der Waals surface area contributed by atoms with Gasteiger partial charge in [-0.1, -0.05) is 6.07 Å². The fraction of sp³-hybridized carbons (Fsp3) is 0.143. The molecule has 0 aliphatic carbocycles. The van der Waals surface area contributed by atoms with Crippen molar-refractivity contribution in [3.63, 3.8) is 0 Å². The van der Waals surface area contributed by atoms with E-state index in [4.69, 9.17) is 4.74 Å². The Bertz CT molecular complexity index is 700. The molecular weight excluding hydrogens is 274 g/mol. The Balaban J connectivity index is 2.35. The number of amides is 1. The lowest BCUT2D eigenvalue weighted by Gasteiger charge is -2.09. The molecule has 0 spiro atoms. The predicted molar refractivity (Wildman–Crippen MR) is 76.6 cm³/mol. The maximum Gasteiger partial charge on any atom is 0.311 e. The molecule has 0 aliphatic rings. The number of rotatable bonds is 4. The van der Waals surface area contributed by atoms with Crippen molar-refractivity contribution in [2.75, 3.05) is 12.4 Å². The Kier molecular flexibility index (Phi) is 4.13. The van der Waals surface area contributed by atoms with Crippen LogP contribution in [0.3, 0.4) is 0 Å². The highest BCUT2D eigenvalue weighted by Gasteiger charge is 2.22. The van der Waals surface area contributed by atoms with Gasteiger partial charge in [0.15, 0.2) is 0 Å². The number of hydrogen-bond donors (Lipinski definition) is 1. The molecule has 2 rings (SSSR count). The van der Waals surface area contributed by atoms with Crippen molar-refractivity contribution < 1.29 is 14.5 Å². The summed E-state index contributed by atoms with van der Waals surface area (Å²) in [6.45, 7) is 1.87. The highest BCUT2D eigenvalue weighted by molar-refractivity contribution is 6.06. The summed E-state index contributed by atoms with van der Waals surface area (Å²) in [5, 5.41) is 13.5. The first-order valence-electron chi connectivity index (χ1n) is 6.08. The fourth-order valence-electron chi connectivity index (χ4n) is 1.85. The molecule has 7 heteroatoms. The van der Waals surface area contributed by atoms with Gasteiger partial charge in [-0.2, -0.15) is 0 Å². The van der Waals surface area contributed by atoms with E-state index < -0.39 is 10.8 Å². The average Bonchev–Trinajstić information content (AvgIpc) is 2.46. The zero-order valence-corrected chi connectivity index (χ0v) is 11.5. The molecule has 1 amide bonds. The number of benzene rings is 1. The van der Waals surface area contributed by atoms with Crippen molar-refractivity contribution >= 4 is 17.4 Å². The van der Waals surface area contributed by atoms with Crippen LogP contribution in [0.25, 0.3) is 0 Å². The zero-order chi connectivity index (χ0) is 15.4. The number of aryl methyl sites for hydroxylation is 1. The standard InChI is InChI=1S/C14H13N3O4/c1-9-6-7-15-12(8-9)16-14(18)10-4-3-5-11(17(19)20)13(10)21-2/h3-8H,1-2H3,(H,15,16,18). The monoisotopic (exact) mass is 287 g/mol. The van der Waals surface area contributed by atoms with Crippen LogP contribution >= 0.6 is 0 Å². The lowest BCUT2D eigenvalue weighted by molar-refractivity contribution is -0.385. The van der Waals surface area contributed by atoms with Crippen LogP contribution in [0.4, 0.5) is 11.5 Å². The number of methoxy groups -OCH3 is 1. The molecule has 0 saturated heterocycles. The highest BCUT2D eigenvalue weighted by atomic mass is 16.6. The number of ether oxygens (including phenoxy) is 1. The largest absolute Gasteiger partial charge is 0.490 e. The van der Waals surface area contributed by atoms with Crippen molar-refractivity contribution in [1.82, 2.24) is 4.98 Å². The lowest BCUT2D eigenvalue weighted by atomic mass is 10.1. The summed E-state index contributed by atoms with van der Waals surface area (Å²) in [6.07, 6.45) is 1.57. The second-order valence-electron chi connectivity index (χ2n) is 4.29. The number of nitrogens with zero attached hydrogens (tertiary/aromatic N) is 2. The molecule has 0 fully saturated rings. The van der Waals surface area contributed by atoms with Gasteiger partial charge in [0.1, 0.15) is 5.82 Å². The second kappa shape index (κ2) is 6.00. The van der Waals surface area contributed by atoms with E-state index in [1.807, 2.05) is 6.92 Å². The van der Waals surface area contributed by atoms with Crippen molar-refractivity contribution in [1.29, 1.82) is 0 Å². The van der Waals surface area contributed by atoms with Gasteiger partial charge < -0.3 is 10.1 Å². The van der Waals surface area contributed by atoms with Crippen LogP contribution in [0.15, 0.2) is 36.5 Å². The topological polar surface area (TPSA) is 94.4 Å². The van der Waals surface area contributed by atoms with Crippen LogP contribution in [-0.2, 0) is 0 Å². The number of pyridine rings is 1. The van der Waals surface area contributed by atoms with E-state index in [1.165, 1.54) is 25.3 Å². The third-order valence-electron chi connectivity index (χ3n) is 2.80. The Morgan fingerprint density at radius 3 is 2.76 bits per heavy atom. The summed E-state index contributed by atoms with van der Waals surface area (Å²) >= 11 is 0. The highest BCUT2D eigenvalue weighted by Crippen LogP contribution is 2.30. The smallest absolute Gasteiger partial charge is 0.311 e. The summed E-state index contributed by atoms with van der Waals surface area (Å²) in [4.78, 5) is 26.6. The fourth-order valence-corrected chi connectivity index (χ4v) is 1.85. The molecule has 1 aromatic heterocycles. The first kappa shape index (κ1) is 14.4. The van der Waals surface area contributed by atoms with Gasteiger partial charge in [-0.15, -0.1) is 0 Å². The summed E-state index contributed by atoms with van der Waals surface area (Å²) in [5.74, 6) is -0.227. The third kappa shape index (κ3) is 3.14. The first-order valence-corrected chi connectivity index (χ1v) is 6.08. The van der Waals surface area contributed by atoms with Gasteiger partial charge in [0.05, 0.1) is 17.6 Å². The van der Waals surface area contributed by atoms with E-state index in [2.05, 4.69) is 10.3 Å². The summed E-state index contributed by atoms with van der Waals surface area (Å²) < 4.78 is 5.00. The van der Waals surface area contributed by atoms with Crippen LogP contribution in [-0.4, -0.2) is 22.9 Å². The number of aromatic nitrogens is 1. The Hall–Kier alpha value is -2.96. The molecule has 21 heavy (non-hydrogen) atoms. The van der Waals surface area contributed by atoms with Crippen LogP contribution in [0.1, 0.15) is 15.9 Å². The minimum atomic E-state index is -0.597. The van der Waals surface area contributed by atoms with Crippen LogP contribution in [0, 0.1) is 17.0 Å². The van der Waals surface area contributed by atoms with Gasteiger partial charge in [0.25, 0.3) is 5.91 Å². The molecule has 108 valence electrons. The zero-order valence-electron chi connectivity index (χ0n) is 11.5. The number of carbonyl (C=O) groups is 1. The Labute approximate surface area is 120 Å². The molecule has 1 N–H and O–H groups in total. The van der Waals surface area contributed by atoms with Gasteiger partial charge in [-0.3, -0.25) is 14.9 Å². The van der Waals surface area contributed by atoms with Crippen molar-refractivity contribution in [2.45, 2.75) is 6.92 Å². The molecule has 0 aliphatic heterocycles. The molecule has 1 aromatic carbocycles. The summed E-state index contributed by atoms with van der Waals surface area (Å²) in [7, 11) is 1.28. The number of nitro benzene ring substituents is 1. The molecule has 7 nitrogen and oxygen atoms in total. The van der Waals surface area contributed by atoms with Crippen LogP contribution in [0.5, 0.6) is 5.75 Å². The van der Waals surface area contributed by atoms with E-state index in [9.17, 15) is 14.9 Å². The van der Waals surface area contributed by atoms with E-state index in [1.54, 1.807) is 18.3 Å².